The van der Waals surface area contributed by atoms with E-state index in [0.717, 1.165) is 11.3 Å². The van der Waals surface area contributed by atoms with Gasteiger partial charge in [-0.3, -0.25) is 14.2 Å². The van der Waals surface area contributed by atoms with Crippen LogP contribution < -0.4 is 25.4 Å². The zero-order valence-electron chi connectivity index (χ0n) is 21.7. The molecule has 0 saturated carbocycles. The zero-order chi connectivity index (χ0) is 28.4. The number of esters is 1. The van der Waals surface area contributed by atoms with Crippen molar-refractivity contribution in [3.05, 3.63) is 55.6 Å². The van der Waals surface area contributed by atoms with Crippen LogP contribution in [0.5, 0.6) is 0 Å². The molecule has 13 heteroatoms. The van der Waals surface area contributed by atoms with Gasteiger partial charge in [0, 0.05) is 50.2 Å². The molecule has 2 aromatic rings. The van der Waals surface area contributed by atoms with E-state index in [1.165, 1.54) is 10.8 Å². The van der Waals surface area contributed by atoms with E-state index in [1.54, 1.807) is 44.2 Å². The fourth-order valence-electron chi connectivity index (χ4n) is 3.65. The quantitative estimate of drug-likeness (QED) is 0.247. The molecule has 0 atom stereocenters. The van der Waals surface area contributed by atoms with Crippen LogP contribution in [0.1, 0.15) is 20.3 Å². The third-order valence-corrected chi connectivity index (χ3v) is 8.32. The Hall–Kier alpha value is -3.91. The first-order chi connectivity index (χ1) is 18.7. The van der Waals surface area contributed by atoms with E-state index in [9.17, 15) is 28.1 Å². The molecule has 1 aromatic carbocycles. The Balaban J connectivity index is 1.72. The summed E-state index contributed by atoms with van der Waals surface area (Å²) in [7, 11) is -2.96. The lowest BCUT2D eigenvalue weighted by Crippen LogP contribution is -2.41. The summed E-state index contributed by atoms with van der Waals surface area (Å²) in [5.74, 6) is -0.747. The fourth-order valence-corrected chi connectivity index (χ4v) is 5.91. The molecular weight excluding hydrogens is 542 g/mol. The van der Waals surface area contributed by atoms with Gasteiger partial charge in [-0.05, 0) is 32.0 Å². The van der Waals surface area contributed by atoms with Gasteiger partial charge >= 0.3 is 5.97 Å². The smallest absolute Gasteiger partial charge is 0.357 e. The van der Waals surface area contributed by atoms with Gasteiger partial charge in [0.15, 0.2) is 15.4 Å². The summed E-state index contributed by atoms with van der Waals surface area (Å²) in [4.78, 5) is 39.0. The molecule has 0 bridgehead atoms. The van der Waals surface area contributed by atoms with E-state index in [-0.39, 0.29) is 46.1 Å². The summed E-state index contributed by atoms with van der Waals surface area (Å²) in [6.07, 6.45) is 1.70. The second-order valence-corrected chi connectivity index (χ2v) is 11.7. The van der Waals surface area contributed by atoms with Gasteiger partial charge in [0.25, 0.3) is 5.56 Å². The molecule has 2 N–H and O–H groups in total. The van der Waals surface area contributed by atoms with Gasteiger partial charge in [-0.1, -0.05) is 28.9 Å². The third-order valence-electron chi connectivity index (χ3n) is 5.70. The molecule has 1 fully saturated rings. The lowest BCUT2D eigenvalue weighted by Gasteiger charge is -2.26. The number of rotatable bonds is 9. The summed E-state index contributed by atoms with van der Waals surface area (Å²) in [5.41, 5.74) is 6.14. The number of thiazole rings is 1. The monoisotopic (exact) mass is 571 g/mol. The van der Waals surface area contributed by atoms with Crippen LogP contribution in [0.4, 0.5) is 11.4 Å². The normalized spacial score (nSPS) is 14.3. The molecule has 1 aromatic heterocycles. The van der Waals surface area contributed by atoms with Crippen LogP contribution in [0, 0.1) is 11.3 Å². The minimum Gasteiger partial charge on any atom is -0.461 e. The third kappa shape index (κ3) is 8.55. The molecule has 0 spiro atoms. The van der Waals surface area contributed by atoms with Crippen molar-refractivity contribution < 1.29 is 22.7 Å². The lowest BCUT2D eigenvalue weighted by molar-refractivity contribution is -0.137. The Bertz CT molecular complexity index is 1620. The molecule has 0 unspecified atom stereocenters. The van der Waals surface area contributed by atoms with Gasteiger partial charge in [-0.2, -0.15) is 5.26 Å². The molecule has 0 aliphatic carbocycles. The standard InChI is InChI=1S/C26H29N5O6S2/c1-3-31-24(16-19(18-27)26(34)37-4-2)38-22(25(31)33)8-10-28-20-6-5-7-21(17-20)29-23(32)9-11-30-12-14-39(35,36)15-13-30/h5-7,10,17,28H,3-4,9,11-15H2,1-2H3,(H,29,32). The number of hydrogen-bond acceptors (Lipinski definition) is 10. The maximum atomic E-state index is 12.7. The highest BCUT2D eigenvalue weighted by Gasteiger charge is 2.21. The van der Waals surface area contributed by atoms with Crippen molar-refractivity contribution in [1.29, 1.82) is 5.26 Å². The summed E-state index contributed by atoms with van der Waals surface area (Å²) < 4.78 is 29.9. The Kier molecular flexibility index (Phi) is 10.5. The van der Waals surface area contributed by atoms with E-state index < -0.39 is 15.8 Å². The van der Waals surface area contributed by atoms with Crippen molar-refractivity contribution in [2.75, 3.05) is 48.4 Å². The minimum atomic E-state index is -2.96. The van der Waals surface area contributed by atoms with Gasteiger partial charge in [-0.15, -0.1) is 0 Å². The van der Waals surface area contributed by atoms with Crippen LogP contribution in [0.2, 0.25) is 0 Å². The second-order valence-electron chi connectivity index (χ2n) is 8.42. The van der Waals surface area contributed by atoms with E-state index in [2.05, 4.69) is 22.1 Å². The van der Waals surface area contributed by atoms with Crippen LogP contribution in [-0.4, -0.2) is 67.5 Å². The average molecular weight is 572 g/mol. The molecule has 3 rings (SSSR count). The van der Waals surface area contributed by atoms with Gasteiger partial charge in [0.1, 0.15) is 15.3 Å². The van der Waals surface area contributed by atoms with E-state index in [1.807, 2.05) is 4.90 Å². The lowest BCUT2D eigenvalue weighted by atomic mass is 10.2. The van der Waals surface area contributed by atoms with E-state index in [0.29, 0.717) is 42.2 Å². The molecule has 206 valence electrons. The predicted octanol–water partition coefficient (Wildman–Crippen LogP) is 0.386. The maximum Gasteiger partial charge on any atom is 0.357 e. The van der Waals surface area contributed by atoms with Crippen LogP contribution in [0.15, 0.2) is 40.8 Å². The van der Waals surface area contributed by atoms with Crippen LogP contribution >= 0.6 is 11.3 Å². The first-order valence-electron chi connectivity index (χ1n) is 12.3. The van der Waals surface area contributed by atoms with Crippen molar-refractivity contribution >= 4 is 55.9 Å². The number of amides is 1. The van der Waals surface area contributed by atoms with Crippen molar-refractivity contribution in [2.45, 2.75) is 26.8 Å². The molecule has 1 aliphatic rings. The first kappa shape index (κ1) is 29.6. The Labute approximate surface area is 229 Å². The molecule has 1 aliphatic heterocycles. The van der Waals surface area contributed by atoms with Gasteiger partial charge in [0.05, 0.1) is 18.1 Å². The van der Waals surface area contributed by atoms with Crippen molar-refractivity contribution in [3.63, 3.8) is 0 Å². The van der Waals surface area contributed by atoms with E-state index in [4.69, 9.17) is 4.74 Å². The number of carbonyl (C=O) groups is 2. The topological polar surface area (TPSA) is 151 Å². The Morgan fingerprint density at radius 2 is 1.92 bits per heavy atom. The van der Waals surface area contributed by atoms with Crippen molar-refractivity contribution in [1.82, 2.24) is 9.47 Å². The molecular formula is C26H29N5O6S2. The summed E-state index contributed by atoms with van der Waals surface area (Å²) >= 11 is 1.04. The van der Waals surface area contributed by atoms with Crippen LogP contribution in [-0.2, 0) is 30.7 Å². The molecule has 0 radical (unpaired) electrons. The summed E-state index contributed by atoms with van der Waals surface area (Å²) in [6.45, 7) is 5.17. The van der Waals surface area contributed by atoms with Crippen molar-refractivity contribution in [3.8, 4) is 6.07 Å². The zero-order valence-corrected chi connectivity index (χ0v) is 23.3. The molecule has 39 heavy (non-hydrogen) atoms. The molecule has 1 amide bonds. The fraction of sp³-hybridized carbons (Fsp3) is 0.385. The van der Waals surface area contributed by atoms with Crippen molar-refractivity contribution in [2.24, 2.45) is 0 Å². The average Bonchev–Trinajstić information content (AvgIpc) is 3.20. The number of anilines is 2. The number of hydrogen-bond donors (Lipinski definition) is 2. The van der Waals surface area contributed by atoms with E-state index >= 15 is 0 Å². The number of nitriles is 1. The van der Waals surface area contributed by atoms with Gasteiger partial charge < -0.3 is 20.3 Å². The molecule has 2 heterocycles. The highest BCUT2D eigenvalue weighted by Crippen LogP contribution is 2.15. The summed E-state index contributed by atoms with van der Waals surface area (Å²) in [5, 5.41) is 15.1. The number of carbonyl (C=O) groups excluding carboxylic acids is 2. The molecule has 11 nitrogen and oxygen atoms in total. The minimum absolute atomic E-state index is 0.113. The first-order valence-corrected chi connectivity index (χ1v) is 14.9. The number of sulfone groups is 1. The summed E-state index contributed by atoms with van der Waals surface area (Å²) in [6, 6.07) is 8.76. The van der Waals surface area contributed by atoms with Gasteiger partial charge in [-0.25, -0.2) is 13.2 Å². The number of aromatic nitrogens is 1. The Morgan fingerprint density at radius 1 is 1.21 bits per heavy atom. The number of nitrogens with one attached hydrogen (secondary N) is 2. The van der Waals surface area contributed by atoms with Crippen LogP contribution in [0.25, 0.3) is 11.5 Å². The SMILES string of the molecule is CCOC(=O)C(=C=c1sc(=C=CNc2cccc(NC(=O)CCN3CCS(=O)(=O)CC3)c2)c(=O)n1CC)C#N. The predicted molar refractivity (Wildman–Crippen MR) is 149 cm³/mol. The second kappa shape index (κ2) is 13.8. The maximum absolute atomic E-state index is 12.7. The van der Waals surface area contributed by atoms with Gasteiger partial charge in [0.2, 0.25) is 5.91 Å². The number of ether oxygens (including phenoxy) is 1. The number of nitrogens with zero attached hydrogens (tertiary/aromatic N) is 3. The largest absolute Gasteiger partial charge is 0.461 e. The highest BCUT2D eigenvalue weighted by atomic mass is 32.2. The Morgan fingerprint density at radius 3 is 2.59 bits per heavy atom. The highest BCUT2D eigenvalue weighted by molar-refractivity contribution is 7.91. The number of benzene rings is 1. The molecule has 1 saturated heterocycles. The van der Waals surface area contributed by atoms with Crippen LogP contribution in [0.3, 0.4) is 0 Å².